The van der Waals surface area contributed by atoms with Crippen molar-refractivity contribution < 1.29 is 10.2 Å². The number of nitrogens with zero attached hydrogens (tertiary/aromatic N) is 4. The highest BCUT2D eigenvalue weighted by molar-refractivity contribution is 9.10. The highest BCUT2D eigenvalue weighted by Gasteiger charge is 2.56. The standard InChI is InChI=1S/C25H26BrN5O2/c1-13-17-5-7-31(24(17)29-12-28-13)20-11-25(22(33)21(20)32)6-4-16(10-25)14-2-3-15-8-18(26)23(27)30-19(15)9-14/h2-3,5,7-9,12,16,20-22,32-33H,4,6,10-11H2,1H3,(H2,27,30). The zero-order valence-corrected chi connectivity index (χ0v) is 19.9. The molecular formula is C25H26BrN5O2. The first-order valence-electron chi connectivity index (χ1n) is 11.4. The van der Waals surface area contributed by atoms with Crippen molar-refractivity contribution in [3.05, 3.63) is 58.6 Å². The number of hydrogen-bond acceptors (Lipinski definition) is 6. The van der Waals surface area contributed by atoms with Gasteiger partial charge >= 0.3 is 0 Å². The molecular weight excluding hydrogens is 482 g/mol. The summed E-state index contributed by atoms with van der Waals surface area (Å²) in [6.07, 6.45) is 5.36. The van der Waals surface area contributed by atoms with E-state index in [2.05, 4.69) is 49.1 Å². The Morgan fingerprint density at radius 2 is 2.00 bits per heavy atom. The van der Waals surface area contributed by atoms with Gasteiger partial charge in [-0.1, -0.05) is 12.1 Å². The zero-order valence-electron chi connectivity index (χ0n) is 18.3. The molecule has 6 rings (SSSR count). The Balaban J connectivity index is 1.30. The first kappa shape index (κ1) is 21.0. The number of aryl methyl sites for hydroxylation is 1. The topological polar surface area (TPSA) is 110 Å². The first-order chi connectivity index (χ1) is 15.9. The number of aliphatic hydroxyl groups is 2. The van der Waals surface area contributed by atoms with Crippen molar-refractivity contribution in [2.45, 2.75) is 56.8 Å². The third-order valence-corrected chi connectivity index (χ3v) is 8.60. The fourth-order valence-corrected chi connectivity index (χ4v) is 6.52. The highest BCUT2D eigenvalue weighted by atomic mass is 79.9. The van der Waals surface area contributed by atoms with Crippen molar-refractivity contribution in [3.8, 4) is 0 Å². The van der Waals surface area contributed by atoms with Gasteiger partial charge in [-0.05, 0) is 78.2 Å². The highest BCUT2D eigenvalue weighted by Crippen LogP contribution is 2.58. The van der Waals surface area contributed by atoms with Gasteiger partial charge in [-0.25, -0.2) is 15.0 Å². The van der Waals surface area contributed by atoms with Gasteiger partial charge in [-0.3, -0.25) is 0 Å². The summed E-state index contributed by atoms with van der Waals surface area (Å²) in [5.74, 6) is 0.797. The van der Waals surface area contributed by atoms with Crippen LogP contribution in [0.1, 0.15) is 48.9 Å². The Bertz CT molecular complexity index is 1390. The van der Waals surface area contributed by atoms with Gasteiger partial charge in [0.1, 0.15) is 23.9 Å². The second kappa shape index (κ2) is 7.48. The van der Waals surface area contributed by atoms with E-state index in [1.54, 1.807) is 6.33 Å². The lowest BCUT2D eigenvalue weighted by Gasteiger charge is -2.28. The van der Waals surface area contributed by atoms with Crippen LogP contribution in [-0.4, -0.2) is 41.9 Å². The Labute approximate surface area is 199 Å². The van der Waals surface area contributed by atoms with E-state index < -0.39 is 12.2 Å². The fraction of sp³-hybridized carbons (Fsp3) is 0.400. The Hall–Kier alpha value is -2.55. The van der Waals surface area contributed by atoms with E-state index in [0.717, 1.165) is 57.8 Å². The third-order valence-electron chi connectivity index (χ3n) is 7.96. The molecule has 170 valence electrons. The smallest absolute Gasteiger partial charge is 0.143 e. The fourth-order valence-electron chi connectivity index (χ4n) is 6.18. The van der Waals surface area contributed by atoms with Crippen LogP contribution in [0.4, 0.5) is 5.82 Å². The normalized spacial score (nSPS) is 29.6. The Kier molecular flexibility index (Phi) is 4.76. The largest absolute Gasteiger partial charge is 0.390 e. The average molecular weight is 508 g/mol. The summed E-state index contributed by atoms with van der Waals surface area (Å²) in [6.45, 7) is 1.96. The van der Waals surface area contributed by atoms with Gasteiger partial charge in [0.2, 0.25) is 0 Å². The van der Waals surface area contributed by atoms with Gasteiger partial charge in [-0.15, -0.1) is 0 Å². The minimum atomic E-state index is -0.829. The second-order valence-corrected chi connectivity index (χ2v) is 10.6. The maximum absolute atomic E-state index is 11.2. The molecule has 4 N–H and O–H groups in total. The summed E-state index contributed by atoms with van der Waals surface area (Å²) in [5, 5.41) is 24.3. The molecule has 0 saturated heterocycles. The molecule has 8 heteroatoms. The monoisotopic (exact) mass is 507 g/mol. The maximum Gasteiger partial charge on any atom is 0.143 e. The molecule has 2 aliphatic carbocycles. The Morgan fingerprint density at radius 1 is 1.15 bits per heavy atom. The number of pyridine rings is 1. The molecule has 0 amide bonds. The molecule has 3 heterocycles. The lowest BCUT2D eigenvalue weighted by atomic mass is 9.80. The summed E-state index contributed by atoms with van der Waals surface area (Å²) >= 11 is 3.45. The number of nitrogen functional groups attached to an aromatic ring is 1. The van der Waals surface area contributed by atoms with Crippen LogP contribution in [0.5, 0.6) is 0 Å². The number of aromatic nitrogens is 4. The second-order valence-electron chi connectivity index (χ2n) is 9.74. The van der Waals surface area contributed by atoms with Crippen molar-refractivity contribution >= 4 is 43.7 Å². The number of anilines is 1. The number of hydrogen-bond donors (Lipinski definition) is 3. The predicted octanol–water partition coefficient (Wildman–Crippen LogP) is 4.25. The number of benzene rings is 1. The molecule has 3 aromatic heterocycles. The molecule has 0 aliphatic heterocycles. The average Bonchev–Trinajstić information content (AvgIpc) is 3.48. The SMILES string of the molecule is Cc1ncnc2c1ccn2C1CC2(CCC(c3ccc4cc(Br)c(N)nc4c3)C2)C(O)C1O. The lowest BCUT2D eigenvalue weighted by molar-refractivity contribution is -0.0260. The van der Waals surface area contributed by atoms with Gasteiger partial charge in [0.05, 0.1) is 27.8 Å². The molecule has 5 unspecified atom stereocenters. The van der Waals surface area contributed by atoms with Crippen LogP contribution in [-0.2, 0) is 0 Å². The number of halogens is 1. The van der Waals surface area contributed by atoms with E-state index in [0.29, 0.717) is 11.7 Å². The molecule has 2 saturated carbocycles. The molecule has 7 nitrogen and oxygen atoms in total. The van der Waals surface area contributed by atoms with Crippen LogP contribution in [0, 0.1) is 12.3 Å². The lowest BCUT2D eigenvalue weighted by Crippen LogP contribution is -2.35. The van der Waals surface area contributed by atoms with E-state index in [1.165, 1.54) is 5.56 Å². The predicted molar refractivity (Wildman–Crippen MR) is 131 cm³/mol. The summed E-state index contributed by atoms with van der Waals surface area (Å²) in [7, 11) is 0. The van der Waals surface area contributed by atoms with Crippen molar-refractivity contribution in [1.29, 1.82) is 0 Å². The molecule has 5 atom stereocenters. The number of nitrogens with two attached hydrogens (primary N) is 1. The maximum atomic E-state index is 11.2. The van der Waals surface area contributed by atoms with Crippen molar-refractivity contribution in [2.75, 3.05) is 5.73 Å². The van der Waals surface area contributed by atoms with Gasteiger partial charge < -0.3 is 20.5 Å². The Morgan fingerprint density at radius 3 is 2.85 bits per heavy atom. The summed E-state index contributed by atoms with van der Waals surface area (Å²) in [4.78, 5) is 13.3. The van der Waals surface area contributed by atoms with Crippen LogP contribution < -0.4 is 5.73 Å². The molecule has 4 aromatic rings. The molecule has 33 heavy (non-hydrogen) atoms. The molecule has 2 fully saturated rings. The van der Waals surface area contributed by atoms with Crippen LogP contribution >= 0.6 is 15.9 Å². The summed E-state index contributed by atoms with van der Waals surface area (Å²) in [5.41, 5.74) is 9.52. The van der Waals surface area contributed by atoms with Crippen LogP contribution in [0.25, 0.3) is 21.9 Å². The van der Waals surface area contributed by atoms with Crippen molar-refractivity contribution in [1.82, 2.24) is 19.5 Å². The minimum absolute atomic E-state index is 0.207. The molecule has 0 radical (unpaired) electrons. The van der Waals surface area contributed by atoms with Crippen LogP contribution in [0.3, 0.4) is 0 Å². The van der Waals surface area contributed by atoms with Crippen molar-refractivity contribution in [3.63, 3.8) is 0 Å². The summed E-state index contributed by atoms with van der Waals surface area (Å²) in [6, 6.07) is 10.1. The van der Waals surface area contributed by atoms with E-state index in [4.69, 9.17) is 5.73 Å². The number of aliphatic hydroxyl groups excluding tert-OH is 2. The molecule has 1 spiro atoms. The zero-order chi connectivity index (χ0) is 22.9. The van der Waals surface area contributed by atoms with Crippen LogP contribution in [0.15, 0.2) is 47.3 Å². The van der Waals surface area contributed by atoms with E-state index in [1.807, 2.05) is 29.8 Å². The van der Waals surface area contributed by atoms with Gasteiger partial charge in [-0.2, -0.15) is 0 Å². The van der Waals surface area contributed by atoms with E-state index in [9.17, 15) is 10.2 Å². The van der Waals surface area contributed by atoms with Gasteiger partial charge in [0, 0.05) is 22.4 Å². The van der Waals surface area contributed by atoms with Gasteiger partial charge in [0.15, 0.2) is 0 Å². The third kappa shape index (κ3) is 3.19. The number of rotatable bonds is 2. The van der Waals surface area contributed by atoms with Gasteiger partial charge in [0.25, 0.3) is 0 Å². The van der Waals surface area contributed by atoms with Crippen molar-refractivity contribution in [2.24, 2.45) is 5.41 Å². The molecule has 0 bridgehead atoms. The van der Waals surface area contributed by atoms with E-state index in [-0.39, 0.29) is 11.5 Å². The minimum Gasteiger partial charge on any atom is -0.390 e. The van der Waals surface area contributed by atoms with E-state index >= 15 is 0 Å². The summed E-state index contributed by atoms with van der Waals surface area (Å²) < 4.78 is 2.83. The van der Waals surface area contributed by atoms with Crippen LogP contribution in [0.2, 0.25) is 0 Å². The molecule has 2 aliphatic rings. The first-order valence-corrected chi connectivity index (χ1v) is 12.2. The number of fused-ring (bicyclic) bond motifs is 2. The molecule has 1 aromatic carbocycles. The quantitative estimate of drug-likeness (QED) is 0.374.